The van der Waals surface area contributed by atoms with Crippen molar-refractivity contribution in [1.29, 1.82) is 5.26 Å². The maximum atomic E-state index is 12.6. The number of nitriles is 1. The van der Waals surface area contributed by atoms with Gasteiger partial charge in [0.15, 0.2) is 0 Å². The second kappa shape index (κ2) is 17.7. The third-order valence-electron chi connectivity index (χ3n) is 8.18. The van der Waals surface area contributed by atoms with E-state index in [1.807, 2.05) is 67.6 Å². The molecule has 4 N–H and O–H groups in total. The summed E-state index contributed by atoms with van der Waals surface area (Å²) in [5.74, 6) is 0.501. The summed E-state index contributed by atoms with van der Waals surface area (Å²) in [7, 11) is -2.12. The lowest BCUT2D eigenvalue weighted by molar-refractivity contribution is -0.126. The van der Waals surface area contributed by atoms with E-state index in [1.165, 1.54) is 7.05 Å². The molecule has 4 aromatic carbocycles. The third-order valence-corrected chi connectivity index (χ3v) is 8.76. The van der Waals surface area contributed by atoms with Crippen molar-refractivity contribution in [2.45, 2.75) is 32.7 Å². The summed E-state index contributed by atoms with van der Waals surface area (Å²) >= 11 is 0. The van der Waals surface area contributed by atoms with Crippen molar-refractivity contribution in [3.8, 4) is 23.3 Å². The summed E-state index contributed by atoms with van der Waals surface area (Å²) in [6.07, 6.45) is 5.28. The maximum Gasteiger partial charge on any atom is 0.233 e. The quantitative estimate of drug-likeness (QED) is 0.0847. The van der Waals surface area contributed by atoms with Crippen LogP contribution in [0.1, 0.15) is 39.8 Å². The van der Waals surface area contributed by atoms with Gasteiger partial charge in [-0.3, -0.25) is 19.3 Å². The average Bonchev–Trinajstić information content (AvgIpc) is 3.14. The third kappa shape index (κ3) is 11.0. The van der Waals surface area contributed by atoms with Crippen molar-refractivity contribution in [2.75, 3.05) is 35.3 Å². The molecule has 0 fully saturated rings. The first-order valence-electron chi connectivity index (χ1n) is 16.8. The number of pyridine rings is 1. The lowest BCUT2D eigenvalue weighted by Crippen LogP contribution is -2.25. The van der Waals surface area contributed by atoms with Gasteiger partial charge in [-0.15, -0.1) is 0 Å². The fourth-order valence-corrected chi connectivity index (χ4v) is 6.12. The van der Waals surface area contributed by atoms with Crippen molar-refractivity contribution < 1.29 is 27.5 Å². The number of rotatable bonds is 16. The van der Waals surface area contributed by atoms with Gasteiger partial charge in [-0.05, 0) is 78.1 Å². The first kappa shape index (κ1) is 37.9. The zero-order valence-electron chi connectivity index (χ0n) is 29.6. The number of ether oxygens (including phenoxy) is 2. The van der Waals surface area contributed by atoms with Crippen LogP contribution in [-0.4, -0.2) is 45.1 Å². The van der Waals surface area contributed by atoms with Crippen molar-refractivity contribution in [2.24, 2.45) is 0 Å². The summed E-state index contributed by atoms with van der Waals surface area (Å²) in [5, 5.41) is 17.8. The van der Waals surface area contributed by atoms with Crippen LogP contribution >= 0.6 is 0 Å². The minimum Gasteiger partial charge on any atom is -0.491 e. The Morgan fingerprint density at radius 2 is 1.64 bits per heavy atom. The molecule has 1 heterocycles. The lowest BCUT2D eigenvalue weighted by Gasteiger charge is -2.19. The summed E-state index contributed by atoms with van der Waals surface area (Å²) in [6.45, 7) is 2.51. The number of hydrogen-bond acceptors (Lipinski definition) is 9. The molecule has 2 amide bonds. The molecule has 0 aliphatic rings. The average molecular weight is 733 g/mol. The fraction of sp³-hybridized carbons (Fsp3) is 0.200. The monoisotopic (exact) mass is 732 g/mol. The molecule has 0 radical (unpaired) electrons. The molecule has 12 nitrogen and oxygen atoms in total. The number of benzene rings is 4. The van der Waals surface area contributed by atoms with Crippen molar-refractivity contribution >= 4 is 38.9 Å². The summed E-state index contributed by atoms with van der Waals surface area (Å²) in [4.78, 5) is 28.5. The summed E-state index contributed by atoms with van der Waals surface area (Å²) < 4.78 is 39.9. The molecule has 0 saturated heterocycles. The summed E-state index contributed by atoms with van der Waals surface area (Å²) in [6, 6.07) is 29.5. The number of hydrogen-bond donors (Lipinski definition) is 4. The van der Waals surface area contributed by atoms with Crippen LogP contribution in [0.15, 0.2) is 103 Å². The highest BCUT2D eigenvalue weighted by molar-refractivity contribution is 7.92. The molecule has 0 atom stereocenters. The van der Waals surface area contributed by atoms with Gasteiger partial charge in [0.05, 0.1) is 35.9 Å². The van der Waals surface area contributed by atoms with Gasteiger partial charge in [-0.1, -0.05) is 42.5 Å². The topological polar surface area (TPSA) is 172 Å². The van der Waals surface area contributed by atoms with E-state index in [0.29, 0.717) is 60.2 Å². The van der Waals surface area contributed by atoms with Gasteiger partial charge < -0.3 is 25.4 Å². The molecule has 0 spiro atoms. The van der Waals surface area contributed by atoms with E-state index in [2.05, 4.69) is 31.7 Å². The molecule has 53 heavy (non-hydrogen) atoms. The molecule has 0 aliphatic carbocycles. The number of carbonyl (C=O) groups is 2. The first-order chi connectivity index (χ1) is 25.5. The van der Waals surface area contributed by atoms with Gasteiger partial charge >= 0.3 is 0 Å². The molecular formula is C40H40N6O6S. The molecule has 0 aliphatic heterocycles. The van der Waals surface area contributed by atoms with Crippen molar-refractivity contribution in [1.82, 2.24) is 10.3 Å². The number of aromatic nitrogens is 1. The Morgan fingerprint density at radius 1 is 0.868 bits per heavy atom. The number of anilines is 3. The number of carbonyl (C=O) groups excluding carboxylic acids is 2. The van der Waals surface area contributed by atoms with E-state index in [1.54, 1.807) is 42.7 Å². The molecule has 0 saturated carbocycles. The second-order valence-electron chi connectivity index (χ2n) is 12.2. The van der Waals surface area contributed by atoms with E-state index in [9.17, 15) is 18.0 Å². The highest BCUT2D eigenvalue weighted by atomic mass is 32.2. The zero-order chi connectivity index (χ0) is 37.8. The predicted octanol–water partition coefficient (Wildman–Crippen LogP) is 6.32. The van der Waals surface area contributed by atoms with E-state index < -0.39 is 21.8 Å². The predicted molar refractivity (Wildman–Crippen MR) is 205 cm³/mol. The molecule has 1 aromatic heterocycles. The first-order valence-corrected chi connectivity index (χ1v) is 18.7. The van der Waals surface area contributed by atoms with Gasteiger partial charge in [0.25, 0.3) is 0 Å². The molecule has 0 bridgehead atoms. The van der Waals surface area contributed by atoms with Crippen molar-refractivity contribution in [3.63, 3.8) is 0 Å². The molecule has 272 valence electrons. The van der Waals surface area contributed by atoms with Crippen LogP contribution < -0.4 is 30.1 Å². The number of nitrogens with one attached hydrogen (secondary N) is 4. The molecule has 13 heteroatoms. The lowest BCUT2D eigenvalue weighted by atomic mass is 9.99. The number of amides is 2. The molecule has 5 aromatic rings. The van der Waals surface area contributed by atoms with Crippen LogP contribution in [-0.2, 0) is 39.0 Å². The SMILES string of the molecule is CNC(=O)CC(=O)Nc1ccc(Oc2ccccc2CNc2ccc(Cc3ccc(C#N)cc3)c(NS(C)(=O)=O)c2C)cc1OCCc1cccnc1. The minimum absolute atomic E-state index is 0.301. The van der Waals surface area contributed by atoms with Crippen LogP contribution in [0.5, 0.6) is 17.2 Å². The largest absolute Gasteiger partial charge is 0.491 e. The number of nitrogens with zero attached hydrogens (tertiary/aromatic N) is 2. The highest BCUT2D eigenvalue weighted by Crippen LogP contribution is 2.35. The van der Waals surface area contributed by atoms with Gasteiger partial charge in [-0.2, -0.15) is 5.26 Å². The highest BCUT2D eigenvalue weighted by Gasteiger charge is 2.17. The Balaban J connectivity index is 1.35. The van der Waals surface area contributed by atoms with E-state index >= 15 is 0 Å². The molecule has 5 rings (SSSR count). The standard InChI is InChI=1S/C40H40N6O6S/c1-27-34(16-14-31(40(27)46-53(3,49)50)21-28-10-12-29(24-41)13-11-28)44-26-32-8-4-5-9-36(32)52-33-15-17-35(45-39(48)23-38(47)42-2)37(22-33)51-20-18-30-7-6-19-43-25-30/h4-17,19,22,25,44,46H,18,20-21,23,26H2,1-3H3,(H,42,47)(H,45,48). The maximum absolute atomic E-state index is 12.6. The van der Waals surface area contributed by atoms with Gasteiger partial charge in [-0.25, -0.2) is 8.42 Å². The van der Waals surface area contributed by atoms with E-state index in [0.717, 1.165) is 39.8 Å². The van der Waals surface area contributed by atoms with E-state index in [-0.39, 0.29) is 6.42 Å². The van der Waals surface area contributed by atoms with Crippen LogP contribution in [0.2, 0.25) is 0 Å². The Hall–Kier alpha value is -6.39. The molecular weight excluding hydrogens is 693 g/mol. The van der Waals surface area contributed by atoms with Crippen LogP contribution in [0.3, 0.4) is 0 Å². The number of sulfonamides is 1. The molecule has 0 unspecified atom stereocenters. The Kier molecular flexibility index (Phi) is 12.6. The fourth-order valence-electron chi connectivity index (χ4n) is 5.46. The van der Waals surface area contributed by atoms with Crippen LogP contribution in [0.25, 0.3) is 0 Å². The Labute approximate surface area is 309 Å². The Bertz CT molecular complexity index is 2220. The minimum atomic E-state index is -3.59. The van der Waals surface area contributed by atoms with Gasteiger partial charge in [0, 0.05) is 49.7 Å². The number of para-hydroxylation sites is 1. The summed E-state index contributed by atoms with van der Waals surface area (Å²) in [5.41, 5.74) is 6.43. The smallest absolute Gasteiger partial charge is 0.233 e. The van der Waals surface area contributed by atoms with Crippen molar-refractivity contribution in [3.05, 3.63) is 137 Å². The van der Waals surface area contributed by atoms with Crippen LogP contribution in [0.4, 0.5) is 17.1 Å². The zero-order valence-corrected chi connectivity index (χ0v) is 30.4. The Morgan fingerprint density at radius 3 is 2.36 bits per heavy atom. The van der Waals surface area contributed by atoms with Gasteiger partial charge in [0.2, 0.25) is 21.8 Å². The van der Waals surface area contributed by atoms with E-state index in [4.69, 9.17) is 14.7 Å². The normalized spacial score (nSPS) is 10.8. The van der Waals surface area contributed by atoms with Gasteiger partial charge in [0.1, 0.15) is 23.7 Å². The van der Waals surface area contributed by atoms with Crippen LogP contribution in [0, 0.1) is 18.3 Å². The second-order valence-corrected chi connectivity index (χ2v) is 14.0.